The molecule has 0 N–H and O–H groups in total. The minimum atomic E-state index is 0.440. The Morgan fingerprint density at radius 1 is 1.20 bits per heavy atom. The fourth-order valence-electron chi connectivity index (χ4n) is 2.29. The molecule has 0 radical (unpaired) electrons. The van der Waals surface area contributed by atoms with Gasteiger partial charge in [-0.1, -0.05) is 42.5 Å². The summed E-state index contributed by atoms with van der Waals surface area (Å²) in [4.78, 5) is 0. The molecule has 2 aromatic heterocycles. The molecule has 102 valence electrons. The molecular weight excluding hydrogens is 250 g/mol. The maximum absolute atomic E-state index is 5.05. The van der Waals surface area contributed by atoms with E-state index in [-0.39, 0.29) is 0 Å². The highest BCUT2D eigenvalue weighted by Crippen LogP contribution is 2.18. The molecule has 4 heteroatoms. The Balaban J connectivity index is 1.65. The van der Waals surface area contributed by atoms with E-state index in [2.05, 4.69) is 41.5 Å². The number of benzene rings is 1. The number of hydrogen-bond acceptors (Lipinski definition) is 3. The van der Waals surface area contributed by atoms with Crippen LogP contribution in [0.5, 0.6) is 0 Å². The van der Waals surface area contributed by atoms with Crippen molar-refractivity contribution >= 4 is 0 Å². The molecule has 4 nitrogen and oxygen atoms in total. The number of nitrogens with zero attached hydrogens (tertiary/aromatic N) is 3. The van der Waals surface area contributed by atoms with Crippen molar-refractivity contribution in [3.8, 4) is 0 Å². The molecule has 20 heavy (non-hydrogen) atoms. The monoisotopic (exact) mass is 267 g/mol. The van der Waals surface area contributed by atoms with Gasteiger partial charge >= 0.3 is 0 Å². The average molecular weight is 267 g/mol. The molecule has 0 aliphatic heterocycles. The fourth-order valence-corrected chi connectivity index (χ4v) is 2.29. The molecule has 0 saturated carbocycles. The van der Waals surface area contributed by atoms with E-state index < -0.39 is 0 Å². The van der Waals surface area contributed by atoms with Crippen molar-refractivity contribution in [1.29, 1.82) is 0 Å². The van der Waals surface area contributed by atoms with Crippen molar-refractivity contribution in [1.82, 2.24) is 15.0 Å². The van der Waals surface area contributed by atoms with Crippen LogP contribution in [0.25, 0.3) is 0 Å². The zero-order valence-electron chi connectivity index (χ0n) is 11.4. The van der Waals surface area contributed by atoms with Crippen LogP contribution in [-0.2, 0) is 13.0 Å². The SMILES string of the molecule is C[C@H](Cc1cn(Cc2ccoc2)nn1)c1ccccc1. The first kappa shape index (κ1) is 12.7. The summed E-state index contributed by atoms with van der Waals surface area (Å²) in [6.07, 6.45) is 6.31. The molecule has 0 fully saturated rings. The first-order valence-electron chi connectivity index (χ1n) is 6.76. The van der Waals surface area contributed by atoms with Gasteiger partial charge in [0.05, 0.1) is 24.8 Å². The molecular formula is C16H17N3O. The van der Waals surface area contributed by atoms with Crippen LogP contribution in [0.1, 0.15) is 29.7 Å². The van der Waals surface area contributed by atoms with Gasteiger partial charge in [-0.25, -0.2) is 4.68 Å². The lowest BCUT2D eigenvalue weighted by Gasteiger charge is -2.09. The number of rotatable bonds is 5. The summed E-state index contributed by atoms with van der Waals surface area (Å²) in [6, 6.07) is 12.4. The van der Waals surface area contributed by atoms with Gasteiger partial charge in [-0.05, 0) is 24.0 Å². The smallest absolute Gasteiger partial charge is 0.0953 e. The van der Waals surface area contributed by atoms with Gasteiger partial charge in [-0.15, -0.1) is 5.10 Å². The van der Waals surface area contributed by atoms with E-state index in [1.165, 1.54) is 5.56 Å². The molecule has 3 aromatic rings. The van der Waals surface area contributed by atoms with Crippen LogP contribution >= 0.6 is 0 Å². The summed E-state index contributed by atoms with van der Waals surface area (Å²) in [5.41, 5.74) is 3.44. The summed E-state index contributed by atoms with van der Waals surface area (Å²) in [6.45, 7) is 2.91. The normalized spacial score (nSPS) is 12.4. The molecule has 0 amide bonds. The van der Waals surface area contributed by atoms with E-state index in [0.29, 0.717) is 12.5 Å². The number of furan rings is 1. The van der Waals surface area contributed by atoms with Crippen molar-refractivity contribution in [2.75, 3.05) is 0 Å². The maximum Gasteiger partial charge on any atom is 0.0953 e. The zero-order valence-corrected chi connectivity index (χ0v) is 11.4. The minimum Gasteiger partial charge on any atom is -0.472 e. The van der Waals surface area contributed by atoms with Crippen LogP contribution in [0.15, 0.2) is 59.5 Å². The van der Waals surface area contributed by atoms with Gasteiger partial charge in [-0.2, -0.15) is 0 Å². The van der Waals surface area contributed by atoms with Gasteiger partial charge in [-0.3, -0.25) is 0 Å². The van der Waals surface area contributed by atoms with E-state index in [1.54, 1.807) is 12.5 Å². The lowest BCUT2D eigenvalue weighted by Crippen LogP contribution is -1.99. The zero-order chi connectivity index (χ0) is 13.8. The van der Waals surface area contributed by atoms with Gasteiger partial charge in [0.25, 0.3) is 0 Å². The van der Waals surface area contributed by atoms with Crippen LogP contribution in [0.3, 0.4) is 0 Å². The van der Waals surface area contributed by atoms with Gasteiger partial charge in [0.1, 0.15) is 0 Å². The van der Waals surface area contributed by atoms with Crippen LogP contribution < -0.4 is 0 Å². The van der Waals surface area contributed by atoms with E-state index in [9.17, 15) is 0 Å². The Morgan fingerprint density at radius 3 is 2.80 bits per heavy atom. The molecule has 0 saturated heterocycles. The third-order valence-corrected chi connectivity index (χ3v) is 3.39. The predicted molar refractivity (Wildman–Crippen MR) is 76.4 cm³/mol. The summed E-state index contributed by atoms with van der Waals surface area (Å²) >= 11 is 0. The van der Waals surface area contributed by atoms with Crippen LogP contribution in [-0.4, -0.2) is 15.0 Å². The van der Waals surface area contributed by atoms with Crippen molar-refractivity contribution < 1.29 is 4.42 Å². The second-order valence-corrected chi connectivity index (χ2v) is 5.05. The van der Waals surface area contributed by atoms with Crippen molar-refractivity contribution in [3.63, 3.8) is 0 Å². The Morgan fingerprint density at radius 2 is 2.05 bits per heavy atom. The van der Waals surface area contributed by atoms with Gasteiger partial charge in [0.15, 0.2) is 0 Å². The highest BCUT2D eigenvalue weighted by atomic mass is 16.3. The standard InChI is InChI=1S/C16H17N3O/c1-13(15-5-3-2-4-6-15)9-16-11-19(18-17-16)10-14-7-8-20-12-14/h2-8,11-13H,9-10H2,1H3/t13-/m1/s1. The second-order valence-electron chi connectivity index (χ2n) is 5.05. The van der Waals surface area contributed by atoms with Gasteiger partial charge in [0.2, 0.25) is 0 Å². The highest BCUT2D eigenvalue weighted by molar-refractivity contribution is 5.20. The highest BCUT2D eigenvalue weighted by Gasteiger charge is 2.09. The van der Waals surface area contributed by atoms with E-state index in [4.69, 9.17) is 4.42 Å². The first-order chi connectivity index (χ1) is 9.81. The van der Waals surface area contributed by atoms with Crippen LogP contribution in [0.2, 0.25) is 0 Å². The maximum atomic E-state index is 5.05. The molecule has 0 aliphatic rings. The molecule has 1 atom stereocenters. The minimum absolute atomic E-state index is 0.440. The fraction of sp³-hybridized carbons (Fsp3) is 0.250. The van der Waals surface area contributed by atoms with E-state index >= 15 is 0 Å². The van der Waals surface area contributed by atoms with Gasteiger partial charge in [0, 0.05) is 11.8 Å². The number of hydrogen-bond donors (Lipinski definition) is 0. The Hall–Kier alpha value is -2.36. The van der Waals surface area contributed by atoms with Crippen molar-refractivity contribution in [2.24, 2.45) is 0 Å². The molecule has 0 aliphatic carbocycles. The third kappa shape index (κ3) is 2.96. The molecule has 2 heterocycles. The van der Waals surface area contributed by atoms with Crippen LogP contribution in [0, 0.1) is 0 Å². The Kier molecular flexibility index (Phi) is 3.63. The lowest BCUT2D eigenvalue weighted by molar-refractivity contribution is 0.558. The predicted octanol–water partition coefficient (Wildman–Crippen LogP) is 3.27. The Bertz CT molecular complexity index is 643. The van der Waals surface area contributed by atoms with Crippen molar-refractivity contribution in [3.05, 3.63) is 71.9 Å². The number of aromatic nitrogens is 3. The van der Waals surface area contributed by atoms with E-state index in [1.807, 2.05) is 23.0 Å². The van der Waals surface area contributed by atoms with Crippen molar-refractivity contribution in [2.45, 2.75) is 25.8 Å². The van der Waals surface area contributed by atoms with E-state index in [0.717, 1.165) is 17.7 Å². The molecule has 0 bridgehead atoms. The summed E-state index contributed by atoms with van der Waals surface area (Å²) in [5, 5.41) is 8.41. The van der Waals surface area contributed by atoms with Gasteiger partial charge < -0.3 is 4.42 Å². The molecule has 0 unspecified atom stereocenters. The first-order valence-corrected chi connectivity index (χ1v) is 6.76. The molecule has 3 rings (SSSR count). The summed E-state index contributed by atoms with van der Waals surface area (Å²) in [7, 11) is 0. The topological polar surface area (TPSA) is 43.9 Å². The quantitative estimate of drug-likeness (QED) is 0.712. The summed E-state index contributed by atoms with van der Waals surface area (Å²) in [5.74, 6) is 0.440. The Labute approximate surface area is 118 Å². The molecule has 0 spiro atoms. The largest absolute Gasteiger partial charge is 0.472 e. The molecule has 1 aromatic carbocycles. The summed E-state index contributed by atoms with van der Waals surface area (Å²) < 4.78 is 6.90. The average Bonchev–Trinajstić information content (AvgIpc) is 3.12. The third-order valence-electron chi connectivity index (χ3n) is 3.39. The second kappa shape index (κ2) is 5.74. The van der Waals surface area contributed by atoms with Crippen LogP contribution in [0.4, 0.5) is 0 Å². The lowest BCUT2D eigenvalue weighted by atomic mass is 9.97.